The van der Waals surface area contributed by atoms with Crippen LogP contribution in [0.1, 0.15) is 5.56 Å². The summed E-state index contributed by atoms with van der Waals surface area (Å²) < 4.78 is 26.3. The van der Waals surface area contributed by atoms with Crippen molar-refractivity contribution >= 4 is 32.4 Å². The van der Waals surface area contributed by atoms with Crippen molar-refractivity contribution in [1.29, 1.82) is 0 Å². The van der Waals surface area contributed by atoms with E-state index in [0.29, 0.717) is 20.7 Å². The van der Waals surface area contributed by atoms with Gasteiger partial charge >= 0.3 is 0 Å². The number of hydrogen-bond acceptors (Lipinski definition) is 3. The number of hydrogen-bond donors (Lipinski definition) is 1. The third kappa shape index (κ3) is 2.94. The van der Waals surface area contributed by atoms with Crippen LogP contribution in [0.4, 0.5) is 10.1 Å². The third-order valence-corrected chi connectivity index (χ3v) is 4.16. The van der Waals surface area contributed by atoms with Gasteiger partial charge in [0.15, 0.2) is 0 Å². The average molecular weight is 329 g/mol. The molecule has 2 N–H and O–H groups in total. The van der Waals surface area contributed by atoms with Crippen LogP contribution in [-0.4, -0.2) is 9.19 Å². The summed E-state index contributed by atoms with van der Waals surface area (Å²) in [4.78, 5) is 3.96. The van der Waals surface area contributed by atoms with Gasteiger partial charge in [0.2, 0.25) is 0 Å². The Hall–Kier alpha value is -1.27. The Balaban J connectivity index is 2.24. The number of halogens is 2. The van der Waals surface area contributed by atoms with Gasteiger partial charge in [0.05, 0.1) is 22.2 Å². The van der Waals surface area contributed by atoms with Gasteiger partial charge in [0, 0.05) is 16.2 Å². The molecule has 0 saturated carbocycles. The monoisotopic (exact) mass is 328 g/mol. The topological polar surface area (TPSA) is 56.0 Å². The van der Waals surface area contributed by atoms with Crippen molar-refractivity contribution in [3.8, 4) is 0 Å². The molecule has 1 aromatic heterocycles. The highest BCUT2D eigenvalue weighted by Gasteiger charge is 2.12. The van der Waals surface area contributed by atoms with Gasteiger partial charge in [-0.2, -0.15) is 0 Å². The molecule has 1 aromatic carbocycles. The SMILES string of the molecule is Nc1cccnc1S(=O)Cc1ccc(Br)cc1F. The van der Waals surface area contributed by atoms with Crippen molar-refractivity contribution < 1.29 is 8.60 Å². The molecule has 2 rings (SSSR count). The first kappa shape index (κ1) is 13.2. The van der Waals surface area contributed by atoms with Gasteiger partial charge in [-0.1, -0.05) is 22.0 Å². The third-order valence-electron chi connectivity index (χ3n) is 2.32. The number of anilines is 1. The summed E-state index contributed by atoms with van der Waals surface area (Å²) in [5, 5.41) is 0.291. The van der Waals surface area contributed by atoms with Gasteiger partial charge in [-0.15, -0.1) is 0 Å². The van der Waals surface area contributed by atoms with E-state index in [4.69, 9.17) is 5.73 Å². The molecule has 0 saturated heterocycles. The fraction of sp³-hybridized carbons (Fsp3) is 0.0833. The highest BCUT2D eigenvalue weighted by Crippen LogP contribution is 2.20. The molecule has 3 nitrogen and oxygen atoms in total. The molecule has 94 valence electrons. The summed E-state index contributed by atoms with van der Waals surface area (Å²) in [5.74, 6) is -0.340. The molecule has 0 aliphatic rings. The van der Waals surface area contributed by atoms with E-state index in [1.165, 1.54) is 12.3 Å². The molecule has 1 atom stereocenters. The van der Waals surface area contributed by atoms with Crippen LogP contribution in [0, 0.1) is 5.82 Å². The highest BCUT2D eigenvalue weighted by molar-refractivity contribution is 9.10. The Morgan fingerprint density at radius 1 is 1.39 bits per heavy atom. The Morgan fingerprint density at radius 2 is 2.17 bits per heavy atom. The zero-order chi connectivity index (χ0) is 13.1. The number of aromatic nitrogens is 1. The van der Waals surface area contributed by atoms with E-state index < -0.39 is 16.6 Å². The minimum absolute atomic E-state index is 0.0559. The summed E-state index contributed by atoms with van der Waals surface area (Å²) in [5.41, 5.74) is 6.41. The second-order valence-electron chi connectivity index (χ2n) is 3.62. The number of benzene rings is 1. The molecule has 0 fully saturated rings. The summed E-state index contributed by atoms with van der Waals surface area (Å²) in [6.07, 6.45) is 1.52. The average Bonchev–Trinajstić information content (AvgIpc) is 2.33. The van der Waals surface area contributed by atoms with Crippen LogP contribution in [0.25, 0.3) is 0 Å². The van der Waals surface area contributed by atoms with Gasteiger partial charge in [-0.05, 0) is 24.3 Å². The van der Waals surface area contributed by atoms with Crippen LogP contribution < -0.4 is 5.73 Å². The minimum atomic E-state index is -1.45. The standard InChI is InChI=1S/C12H10BrFN2OS/c13-9-4-3-8(10(14)6-9)7-18(17)12-11(15)2-1-5-16-12/h1-6H,7,15H2. The summed E-state index contributed by atoms with van der Waals surface area (Å²) in [6.45, 7) is 0. The van der Waals surface area contributed by atoms with Crippen LogP contribution in [0.3, 0.4) is 0 Å². The second-order valence-corrected chi connectivity index (χ2v) is 5.91. The fourth-order valence-corrected chi connectivity index (χ4v) is 2.94. The lowest BCUT2D eigenvalue weighted by Crippen LogP contribution is -2.04. The molecular weight excluding hydrogens is 319 g/mol. The molecule has 0 radical (unpaired) electrons. The molecule has 1 unspecified atom stereocenters. The molecule has 0 aliphatic carbocycles. The van der Waals surface area contributed by atoms with Gasteiger partial charge in [0.25, 0.3) is 0 Å². The van der Waals surface area contributed by atoms with E-state index in [0.717, 1.165) is 0 Å². The van der Waals surface area contributed by atoms with Crippen molar-refractivity contribution in [2.45, 2.75) is 10.8 Å². The maximum absolute atomic E-state index is 13.6. The molecule has 0 bridgehead atoms. The highest BCUT2D eigenvalue weighted by atomic mass is 79.9. The number of nitrogens with zero attached hydrogens (tertiary/aromatic N) is 1. The largest absolute Gasteiger partial charge is 0.396 e. The first-order valence-corrected chi connectivity index (χ1v) is 7.22. The molecule has 1 heterocycles. The number of nitrogen functional groups attached to an aromatic ring is 1. The predicted octanol–water partition coefficient (Wildman–Crippen LogP) is 2.87. The lowest BCUT2D eigenvalue weighted by atomic mass is 10.2. The molecule has 0 spiro atoms. The van der Waals surface area contributed by atoms with Gasteiger partial charge < -0.3 is 5.73 Å². The number of pyridine rings is 1. The van der Waals surface area contributed by atoms with E-state index >= 15 is 0 Å². The molecule has 2 aromatic rings. The molecule has 0 amide bonds. The second kappa shape index (κ2) is 5.58. The van der Waals surface area contributed by atoms with E-state index in [-0.39, 0.29) is 5.75 Å². The van der Waals surface area contributed by atoms with Crippen molar-refractivity contribution in [2.24, 2.45) is 0 Å². The normalized spacial score (nSPS) is 12.3. The predicted molar refractivity (Wildman–Crippen MR) is 72.9 cm³/mol. The minimum Gasteiger partial charge on any atom is -0.396 e. The van der Waals surface area contributed by atoms with E-state index in [1.54, 1.807) is 24.3 Å². The molecule has 6 heteroatoms. The van der Waals surface area contributed by atoms with Crippen LogP contribution in [0.15, 0.2) is 46.0 Å². The fourth-order valence-electron chi connectivity index (χ4n) is 1.44. The Bertz CT molecular complexity index is 606. The van der Waals surface area contributed by atoms with Crippen LogP contribution >= 0.6 is 15.9 Å². The van der Waals surface area contributed by atoms with Crippen molar-refractivity contribution in [2.75, 3.05) is 5.73 Å². The van der Waals surface area contributed by atoms with Crippen molar-refractivity contribution in [3.05, 3.63) is 52.4 Å². The van der Waals surface area contributed by atoms with Crippen molar-refractivity contribution in [1.82, 2.24) is 4.98 Å². The quantitative estimate of drug-likeness (QED) is 0.942. The first-order chi connectivity index (χ1) is 8.58. The van der Waals surface area contributed by atoms with Gasteiger partial charge in [-0.25, -0.2) is 9.37 Å². The maximum atomic E-state index is 13.6. The summed E-state index contributed by atoms with van der Waals surface area (Å²) >= 11 is 3.17. The van der Waals surface area contributed by atoms with E-state index in [9.17, 15) is 8.60 Å². The zero-order valence-corrected chi connectivity index (χ0v) is 11.7. The Kier molecular flexibility index (Phi) is 4.08. The van der Waals surface area contributed by atoms with Crippen LogP contribution in [0.2, 0.25) is 0 Å². The zero-order valence-electron chi connectivity index (χ0n) is 9.27. The molecule has 0 aliphatic heterocycles. The Morgan fingerprint density at radius 3 is 2.83 bits per heavy atom. The maximum Gasteiger partial charge on any atom is 0.150 e. The summed E-state index contributed by atoms with van der Waals surface area (Å²) in [7, 11) is -1.45. The molecular formula is C12H10BrFN2OS. The number of nitrogens with two attached hydrogens (primary N) is 1. The van der Waals surface area contributed by atoms with Crippen LogP contribution in [-0.2, 0) is 16.6 Å². The molecule has 18 heavy (non-hydrogen) atoms. The summed E-state index contributed by atoms with van der Waals surface area (Å²) in [6, 6.07) is 7.93. The Labute approximate surface area is 115 Å². The number of rotatable bonds is 3. The van der Waals surface area contributed by atoms with Crippen LogP contribution in [0.5, 0.6) is 0 Å². The lowest BCUT2D eigenvalue weighted by Gasteiger charge is -2.05. The van der Waals surface area contributed by atoms with Gasteiger partial charge in [-0.3, -0.25) is 4.21 Å². The lowest BCUT2D eigenvalue weighted by molar-refractivity contribution is 0.614. The van der Waals surface area contributed by atoms with E-state index in [2.05, 4.69) is 20.9 Å². The smallest absolute Gasteiger partial charge is 0.150 e. The van der Waals surface area contributed by atoms with Gasteiger partial charge in [0.1, 0.15) is 10.8 Å². The van der Waals surface area contributed by atoms with Crippen molar-refractivity contribution in [3.63, 3.8) is 0 Å². The van der Waals surface area contributed by atoms with E-state index in [1.807, 2.05) is 0 Å². The first-order valence-electron chi connectivity index (χ1n) is 5.10.